The van der Waals surface area contributed by atoms with Crippen molar-refractivity contribution in [3.63, 3.8) is 0 Å². The third-order valence-corrected chi connectivity index (χ3v) is 5.05. The van der Waals surface area contributed by atoms with Gasteiger partial charge in [0.15, 0.2) is 11.5 Å². The van der Waals surface area contributed by atoms with Crippen LogP contribution in [-0.2, 0) is 4.79 Å². The largest absolute Gasteiger partial charge is 0.491 e. The second kappa shape index (κ2) is 9.88. The van der Waals surface area contributed by atoms with E-state index < -0.39 is 24.0 Å². The fourth-order valence-electron chi connectivity index (χ4n) is 2.61. The van der Waals surface area contributed by atoms with E-state index in [4.69, 9.17) is 37.4 Å². The van der Waals surface area contributed by atoms with Gasteiger partial charge in [0.25, 0.3) is 5.91 Å². The molecule has 0 saturated carbocycles. The van der Waals surface area contributed by atoms with Crippen LogP contribution in [0.2, 0.25) is 10.0 Å². The maximum absolute atomic E-state index is 12.3. The van der Waals surface area contributed by atoms with Gasteiger partial charge in [-0.2, -0.15) is 0 Å². The van der Waals surface area contributed by atoms with Crippen molar-refractivity contribution in [3.8, 4) is 17.2 Å². The van der Waals surface area contributed by atoms with Crippen LogP contribution in [0.25, 0.3) is 0 Å². The minimum absolute atomic E-state index is 0.0429. The molecule has 2 aromatic rings. The van der Waals surface area contributed by atoms with E-state index >= 15 is 0 Å². The number of fused-ring (bicyclic) bond motifs is 1. The van der Waals surface area contributed by atoms with Gasteiger partial charge in [-0.1, -0.05) is 29.3 Å². The van der Waals surface area contributed by atoms with Crippen LogP contribution in [0, 0.1) is 0 Å². The van der Waals surface area contributed by atoms with Crippen molar-refractivity contribution >= 4 is 35.0 Å². The van der Waals surface area contributed by atoms with Gasteiger partial charge in [-0.15, -0.1) is 0 Å². The molecule has 0 aromatic heterocycles. The lowest BCUT2D eigenvalue weighted by Crippen LogP contribution is -2.47. The Balaban J connectivity index is 1.42. The molecule has 0 radical (unpaired) electrons. The molecule has 2 atom stereocenters. The van der Waals surface area contributed by atoms with Gasteiger partial charge in [0.2, 0.25) is 12.7 Å². The number of halogens is 2. The standard InChI is InChI=1S/C20H20Cl2N2O6/c1-11(24-20(27)14-3-2-4-15(21)18(14)22)19(26)23-8-12(25)9-28-13-5-6-16-17(7-13)30-10-29-16/h2-7,11-12,25H,8-10H2,1H3,(H,23,26)(H,24,27). The molecule has 0 saturated heterocycles. The summed E-state index contributed by atoms with van der Waals surface area (Å²) >= 11 is 11.9. The molecule has 3 rings (SSSR count). The van der Waals surface area contributed by atoms with E-state index in [0.717, 1.165) is 0 Å². The van der Waals surface area contributed by atoms with Gasteiger partial charge < -0.3 is 30.0 Å². The first kappa shape index (κ1) is 22.0. The molecule has 160 valence electrons. The van der Waals surface area contributed by atoms with Crippen molar-refractivity contribution in [1.29, 1.82) is 0 Å². The summed E-state index contributed by atoms with van der Waals surface area (Å²) in [4.78, 5) is 24.5. The summed E-state index contributed by atoms with van der Waals surface area (Å²) < 4.78 is 16.0. The Labute approximate surface area is 183 Å². The zero-order valence-electron chi connectivity index (χ0n) is 16.0. The van der Waals surface area contributed by atoms with Crippen LogP contribution in [-0.4, -0.2) is 49.0 Å². The molecule has 0 bridgehead atoms. The Morgan fingerprint density at radius 1 is 1.20 bits per heavy atom. The molecular formula is C20H20Cl2N2O6. The first-order valence-electron chi connectivity index (χ1n) is 9.08. The topological polar surface area (TPSA) is 106 Å². The fraction of sp³-hybridized carbons (Fsp3) is 0.300. The van der Waals surface area contributed by atoms with Gasteiger partial charge in [0.05, 0.1) is 15.6 Å². The van der Waals surface area contributed by atoms with E-state index in [1.807, 2.05) is 0 Å². The molecule has 2 aromatic carbocycles. The monoisotopic (exact) mass is 454 g/mol. The average molecular weight is 455 g/mol. The molecule has 3 N–H and O–H groups in total. The highest BCUT2D eigenvalue weighted by Gasteiger charge is 2.20. The molecule has 8 nitrogen and oxygen atoms in total. The second-order valence-corrected chi connectivity index (χ2v) is 7.31. The predicted octanol–water partition coefficient (Wildman–Crippen LogP) is 2.40. The first-order chi connectivity index (χ1) is 14.3. The number of benzene rings is 2. The van der Waals surface area contributed by atoms with E-state index in [1.165, 1.54) is 13.0 Å². The second-order valence-electron chi connectivity index (χ2n) is 6.52. The maximum atomic E-state index is 12.3. The van der Waals surface area contributed by atoms with E-state index in [1.54, 1.807) is 30.3 Å². The van der Waals surface area contributed by atoms with Crippen molar-refractivity contribution < 1.29 is 28.9 Å². The number of rotatable bonds is 8. The van der Waals surface area contributed by atoms with Crippen LogP contribution >= 0.6 is 23.2 Å². The predicted molar refractivity (Wildman–Crippen MR) is 110 cm³/mol. The quantitative estimate of drug-likeness (QED) is 0.565. The number of nitrogens with one attached hydrogen (secondary N) is 2. The summed E-state index contributed by atoms with van der Waals surface area (Å²) in [5.41, 5.74) is 0.168. The summed E-state index contributed by atoms with van der Waals surface area (Å²) in [6.07, 6.45) is -0.954. The SMILES string of the molecule is CC(NC(=O)c1cccc(Cl)c1Cl)C(=O)NCC(O)COc1ccc2c(c1)OCO2. The lowest BCUT2D eigenvalue weighted by atomic mass is 10.2. The number of carbonyl (C=O) groups is 2. The molecule has 0 aliphatic carbocycles. The Kier molecular flexibility index (Phi) is 7.25. The van der Waals surface area contributed by atoms with Gasteiger partial charge in [0, 0.05) is 12.6 Å². The Hall–Kier alpha value is -2.68. The average Bonchev–Trinajstić information content (AvgIpc) is 3.20. The number of carbonyl (C=O) groups excluding carboxylic acids is 2. The molecule has 0 spiro atoms. The van der Waals surface area contributed by atoms with Crippen LogP contribution in [0.5, 0.6) is 17.2 Å². The number of hydrogen-bond acceptors (Lipinski definition) is 6. The highest BCUT2D eigenvalue weighted by molar-refractivity contribution is 6.43. The van der Waals surface area contributed by atoms with Gasteiger partial charge in [-0.05, 0) is 31.2 Å². The molecule has 0 fully saturated rings. The summed E-state index contributed by atoms with van der Waals surface area (Å²) in [6, 6.07) is 8.86. The number of aliphatic hydroxyl groups excluding tert-OH is 1. The highest BCUT2D eigenvalue weighted by Crippen LogP contribution is 2.35. The van der Waals surface area contributed by atoms with Crippen LogP contribution < -0.4 is 24.8 Å². The summed E-state index contributed by atoms with van der Waals surface area (Å²) in [6.45, 7) is 1.58. The normalized spacial score (nSPS) is 14.0. The van der Waals surface area contributed by atoms with E-state index in [9.17, 15) is 14.7 Å². The van der Waals surface area contributed by atoms with E-state index in [-0.39, 0.29) is 35.6 Å². The van der Waals surface area contributed by atoms with Crippen molar-refractivity contribution in [2.75, 3.05) is 19.9 Å². The summed E-state index contributed by atoms with van der Waals surface area (Å²) in [5.74, 6) is 0.703. The van der Waals surface area contributed by atoms with Crippen LogP contribution in [0.3, 0.4) is 0 Å². The van der Waals surface area contributed by atoms with Crippen molar-refractivity contribution in [1.82, 2.24) is 10.6 Å². The molecule has 2 unspecified atom stereocenters. The van der Waals surface area contributed by atoms with E-state index in [0.29, 0.717) is 17.2 Å². The lowest BCUT2D eigenvalue weighted by molar-refractivity contribution is -0.123. The van der Waals surface area contributed by atoms with Gasteiger partial charge in [-0.25, -0.2) is 0 Å². The molecule has 30 heavy (non-hydrogen) atoms. The third-order valence-electron chi connectivity index (χ3n) is 4.24. The minimum atomic E-state index is -0.954. The smallest absolute Gasteiger partial charge is 0.253 e. The van der Waals surface area contributed by atoms with Gasteiger partial charge in [0.1, 0.15) is 24.5 Å². The molecular weight excluding hydrogens is 435 g/mol. The van der Waals surface area contributed by atoms with Crippen molar-refractivity contribution in [3.05, 3.63) is 52.0 Å². The van der Waals surface area contributed by atoms with Crippen molar-refractivity contribution in [2.45, 2.75) is 19.1 Å². The molecule has 1 aliphatic rings. The zero-order valence-corrected chi connectivity index (χ0v) is 17.5. The summed E-state index contributed by atoms with van der Waals surface area (Å²) in [7, 11) is 0. The van der Waals surface area contributed by atoms with Crippen LogP contribution in [0.15, 0.2) is 36.4 Å². The fourth-order valence-corrected chi connectivity index (χ4v) is 2.99. The molecule has 2 amide bonds. The number of aliphatic hydroxyl groups is 1. The number of amides is 2. The lowest BCUT2D eigenvalue weighted by Gasteiger charge is -2.17. The molecule has 1 aliphatic heterocycles. The number of ether oxygens (including phenoxy) is 3. The Bertz CT molecular complexity index is 940. The maximum Gasteiger partial charge on any atom is 0.253 e. The van der Waals surface area contributed by atoms with Crippen molar-refractivity contribution in [2.24, 2.45) is 0 Å². The highest BCUT2D eigenvalue weighted by atomic mass is 35.5. The van der Waals surface area contributed by atoms with Gasteiger partial charge in [-0.3, -0.25) is 9.59 Å². The Morgan fingerprint density at radius 2 is 1.97 bits per heavy atom. The van der Waals surface area contributed by atoms with Crippen LogP contribution in [0.1, 0.15) is 17.3 Å². The zero-order chi connectivity index (χ0) is 21.7. The minimum Gasteiger partial charge on any atom is -0.491 e. The number of hydrogen-bond donors (Lipinski definition) is 3. The first-order valence-corrected chi connectivity index (χ1v) is 9.84. The van der Waals surface area contributed by atoms with Crippen LogP contribution in [0.4, 0.5) is 0 Å². The molecule has 1 heterocycles. The van der Waals surface area contributed by atoms with E-state index in [2.05, 4.69) is 10.6 Å². The molecule has 10 heteroatoms. The summed E-state index contributed by atoms with van der Waals surface area (Å²) in [5, 5.41) is 15.5. The van der Waals surface area contributed by atoms with Gasteiger partial charge >= 0.3 is 0 Å². The Morgan fingerprint density at radius 3 is 2.77 bits per heavy atom. The third kappa shape index (κ3) is 5.47.